The van der Waals surface area contributed by atoms with Crippen LogP contribution < -0.4 is 11.3 Å². The van der Waals surface area contributed by atoms with Crippen LogP contribution in [0.15, 0.2) is 46.4 Å². The number of hydrogen-bond donors (Lipinski definition) is 1. The first-order chi connectivity index (χ1) is 12.3. The van der Waals surface area contributed by atoms with Crippen LogP contribution in [0, 0.1) is 0 Å². The number of hydrogen-bond acceptors (Lipinski definition) is 4. The molecule has 5 nitrogen and oxygen atoms in total. The molecule has 0 spiro atoms. The molecule has 1 aromatic carbocycles. The zero-order chi connectivity index (χ0) is 18.5. The standard InChI is InChI=1S/C18H13F3N4O/c19-18(20,21)9-25-16-5-10(11-3-4-23-8-15(11)22)1-2-12(16)13-6-24-7-14(13)17(25)26/h1-5,7-8H,6,9,22H2. The molecule has 0 unspecified atom stereocenters. The van der Waals surface area contributed by atoms with Gasteiger partial charge in [-0.1, -0.05) is 12.1 Å². The van der Waals surface area contributed by atoms with Gasteiger partial charge in [-0.2, -0.15) is 13.2 Å². The number of benzene rings is 1. The van der Waals surface area contributed by atoms with Gasteiger partial charge in [0.15, 0.2) is 0 Å². The SMILES string of the molecule is Nc1cnccc1-c1ccc2c3c(c(=O)n(CC(F)(F)F)c2c1)C=NC3. The third-order valence-electron chi connectivity index (χ3n) is 4.38. The Balaban J connectivity index is 2.03. The maximum atomic E-state index is 13.1. The van der Waals surface area contributed by atoms with E-state index >= 15 is 0 Å². The summed E-state index contributed by atoms with van der Waals surface area (Å²) in [6.07, 6.45) is -0.154. The van der Waals surface area contributed by atoms with Crippen LogP contribution in [-0.4, -0.2) is 21.9 Å². The van der Waals surface area contributed by atoms with Gasteiger partial charge in [0.2, 0.25) is 0 Å². The summed E-state index contributed by atoms with van der Waals surface area (Å²) in [6.45, 7) is -1.08. The lowest BCUT2D eigenvalue weighted by molar-refractivity contribution is -0.140. The molecule has 2 N–H and O–H groups in total. The van der Waals surface area contributed by atoms with E-state index in [-0.39, 0.29) is 17.6 Å². The molecule has 3 aromatic rings. The van der Waals surface area contributed by atoms with Crippen molar-refractivity contribution in [1.82, 2.24) is 9.55 Å². The molecule has 0 aliphatic carbocycles. The predicted molar refractivity (Wildman–Crippen MR) is 93.2 cm³/mol. The van der Waals surface area contributed by atoms with Gasteiger partial charge in [-0.05, 0) is 23.3 Å². The Morgan fingerprint density at radius 2 is 2.04 bits per heavy atom. The molecular weight excluding hydrogens is 345 g/mol. The number of nitrogens with two attached hydrogens (primary N) is 1. The molecule has 0 amide bonds. The van der Waals surface area contributed by atoms with Gasteiger partial charge in [-0.25, -0.2) is 0 Å². The van der Waals surface area contributed by atoms with E-state index < -0.39 is 18.3 Å². The van der Waals surface area contributed by atoms with Crippen LogP contribution in [-0.2, 0) is 13.1 Å². The zero-order valence-corrected chi connectivity index (χ0v) is 13.4. The molecule has 0 fully saturated rings. The molecule has 0 atom stereocenters. The predicted octanol–water partition coefficient (Wildman–Crippen LogP) is 3.14. The molecule has 132 valence electrons. The van der Waals surface area contributed by atoms with E-state index in [4.69, 9.17) is 5.73 Å². The minimum atomic E-state index is -4.52. The van der Waals surface area contributed by atoms with Crippen molar-refractivity contribution in [2.24, 2.45) is 4.99 Å². The van der Waals surface area contributed by atoms with Crippen molar-refractivity contribution in [2.45, 2.75) is 19.3 Å². The summed E-state index contributed by atoms with van der Waals surface area (Å²) in [5.74, 6) is 0. The average molecular weight is 358 g/mol. The second-order valence-corrected chi connectivity index (χ2v) is 6.06. The van der Waals surface area contributed by atoms with Crippen LogP contribution in [0.5, 0.6) is 0 Å². The van der Waals surface area contributed by atoms with Crippen molar-refractivity contribution in [2.75, 3.05) is 5.73 Å². The van der Waals surface area contributed by atoms with Gasteiger partial charge in [0.05, 0.1) is 29.5 Å². The van der Waals surface area contributed by atoms with E-state index in [1.54, 1.807) is 30.5 Å². The molecule has 26 heavy (non-hydrogen) atoms. The van der Waals surface area contributed by atoms with Gasteiger partial charge < -0.3 is 5.73 Å². The number of pyridine rings is 2. The number of anilines is 1. The number of halogens is 3. The van der Waals surface area contributed by atoms with E-state index in [1.807, 2.05) is 0 Å². The third kappa shape index (κ3) is 2.63. The minimum absolute atomic E-state index is 0.213. The van der Waals surface area contributed by atoms with Gasteiger partial charge in [-0.3, -0.25) is 19.3 Å². The van der Waals surface area contributed by atoms with Gasteiger partial charge in [0.1, 0.15) is 6.54 Å². The molecule has 0 bridgehead atoms. The van der Waals surface area contributed by atoms with Crippen LogP contribution in [0.2, 0.25) is 0 Å². The van der Waals surface area contributed by atoms with Gasteiger partial charge in [-0.15, -0.1) is 0 Å². The van der Waals surface area contributed by atoms with Gasteiger partial charge >= 0.3 is 6.18 Å². The largest absolute Gasteiger partial charge is 0.406 e. The normalized spacial score (nSPS) is 13.3. The summed E-state index contributed by atoms with van der Waals surface area (Å²) in [5, 5.41) is 0.581. The molecular formula is C18H13F3N4O. The number of aliphatic imine (C=N–C) groups is 1. The molecule has 8 heteroatoms. The second kappa shape index (κ2) is 5.69. The van der Waals surface area contributed by atoms with E-state index in [0.29, 0.717) is 27.8 Å². The van der Waals surface area contributed by atoms with Crippen LogP contribution in [0.4, 0.5) is 18.9 Å². The summed E-state index contributed by atoms with van der Waals surface area (Å²) in [5.41, 5.74) is 7.98. The molecule has 4 rings (SSSR count). The maximum absolute atomic E-state index is 13.1. The fraction of sp³-hybridized carbons (Fsp3) is 0.167. The summed E-state index contributed by atoms with van der Waals surface area (Å²) < 4.78 is 40.0. The average Bonchev–Trinajstić information content (AvgIpc) is 3.08. The molecule has 3 heterocycles. The van der Waals surface area contributed by atoms with E-state index in [9.17, 15) is 18.0 Å². The quantitative estimate of drug-likeness (QED) is 0.765. The third-order valence-corrected chi connectivity index (χ3v) is 4.38. The number of alkyl halides is 3. The Labute approximate surface area is 145 Å². The Kier molecular flexibility index (Phi) is 3.57. The lowest BCUT2D eigenvalue weighted by Crippen LogP contribution is -2.31. The number of aromatic nitrogens is 2. The molecule has 2 aromatic heterocycles. The van der Waals surface area contributed by atoms with E-state index in [2.05, 4.69) is 9.98 Å². The fourth-order valence-electron chi connectivity index (χ4n) is 3.24. The maximum Gasteiger partial charge on any atom is 0.406 e. The first kappa shape index (κ1) is 16.3. The highest BCUT2D eigenvalue weighted by Crippen LogP contribution is 2.31. The summed E-state index contributed by atoms with van der Waals surface area (Å²) >= 11 is 0. The Morgan fingerprint density at radius 3 is 2.77 bits per heavy atom. The number of rotatable bonds is 2. The van der Waals surface area contributed by atoms with Crippen molar-refractivity contribution < 1.29 is 13.2 Å². The van der Waals surface area contributed by atoms with Gasteiger partial charge in [0, 0.05) is 23.4 Å². The first-order valence-corrected chi connectivity index (χ1v) is 7.81. The fourth-order valence-corrected chi connectivity index (χ4v) is 3.24. The number of nitrogens with zero attached hydrogens (tertiary/aromatic N) is 3. The van der Waals surface area contributed by atoms with Crippen molar-refractivity contribution in [1.29, 1.82) is 0 Å². The smallest absolute Gasteiger partial charge is 0.397 e. The number of nitrogen functional groups attached to an aromatic ring is 1. The topological polar surface area (TPSA) is 73.3 Å². The molecule has 0 saturated carbocycles. The Bertz CT molecular complexity index is 1120. The van der Waals surface area contributed by atoms with Crippen molar-refractivity contribution in [3.05, 3.63) is 58.1 Å². The minimum Gasteiger partial charge on any atom is -0.397 e. The van der Waals surface area contributed by atoms with E-state index in [0.717, 1.165) is 4.57 Å². The van der Waals surface area contributed by atoms with Crippen LogP contribution >= 0.6 is 0 Å². The highest BCUT2D eigenvalue weighted by molar-refractivity contribution is 5.96. The lowest BCUT2D eigenvalue weighted by Gasteiger charge is -2.16. The summed E-state index contributed by atoms with van der Waals surface area (Å²) in [7, 11) is 0. The zero-order valence-electron chi connectivity index (χ0n) is 13.4. The summed E-state index contributed by atoms with van der Waals surface area (Å²) in [6, 6.07) is 6.73. The van der Waals surface area contributed by atoms with Crippen LogP contribution in [0.3, 0.4) is 0 Å². The van der Waals surface area contributed by atoms with Crippen LogP contribution in [0.25, 0.3) is 22.0 Å². The Hall–Kier alpha value is -3.16. The number of fused-ring (bicyclic) bond motifs is 3. The molecule has 1 aliphatic rings. The van der Waals surface area contributed by atoms with Crippen molar-refractivity contribution in [3.8, 4) is 11.1 Å². The lowest BCUT2D eigenvalue weighted by atomic mass is 9.99. The monoisotopic (exact) mass is 358 g/mol. The molecule has 0 saturated heterocycles. The van der Waals surface area contributed by atoms with E-state index in [1.165, 1.54) is 12.4 Å². The highest BCUT2D eigenvalue weighted by Gasteiger charge is 2.31. The molecule has 0 radical (unpaired) electrons. The van der Waals surface area contributed by atoms with Crippen molar-refractivity contribution >= 4 is 22.8 Å². The Morgan fingerprint density at radius 1 is 1.23 bits per heavy atom. The van der Waals surface area contributed by atoms with Gasteiger partial charge in [0.25, 0.3) is 5.56 Å². The molecule has 1 aliphatic heterocycles. The summed E-state index contributed by atoms with van der Waals surface area (Å²) in [4.78, 5) is 20.6. The van der Waals surface area contributed by atoms with Crippen molar-refractivity contribution in [3.63, 3.8) is 0 Å². The van der Waals surface area contributed by atoms with Crippen LogP contribution in [0.1, 0.15) is 11.1 Å². The highest BCUT2D eigenvalue weighted by atomic mass is 19.4. The first-order valence-electron chi connectivity index (χ1n) is 7.81. The second-order valence-electron chi connectivity index (χ2n) is 6.06.